The minimum atomic E-state index is -0.863. The van der Waals surface area contributed by atoms with Crippen LogP contribution in [0.3, 0.4) is 0 Å². The normalized spacial score (nSPS) is 11.0. The molecule has 2 aromatic heterocycles. The molecular formula is C14H12N2O2S. The van der Waals surface area contributed by atoms with Crippen molar-refractivity contribution in [3.63, 3.8) is 0 Å². The van der Waals surface area contributed by atoms with Crippen molar-refractivity contribution in [2.24, 2.45) is 0 Å². The van der Waals surface area contributed by atoms with Crippen LogP contribution in [0.5, 0.6) is 0 Å². The molecule has 5 heteroatoms. The van der Waals surface area contributed by atoms with E-state index in [0.717, 1.165) is 21.7 Å². The van der Waals surface area contributed by atoms with Gasteiger partial charge in [-0.3, -0.25) is 4.79 Å². The molecule has 19 heavy (non-hydrogen) atoms. The number of nitrogens with zero attached hydrogens (tertiary/aromatic N) is 2. The summed E-state index contributed by atoms with van der Waals surface area (Å²) in [5.74, 6) is -0.139. The fraction of sp³-hybridized carbons (Fsp3) is 0.143. The van der Waals surface area contributed by atoms with Crippen molar-refractivity contribution in [3.8, 4) is 10.7 Å². The topological polar surface area (TPSA) is 55.1 Å². The molecule has 0 aliphatic heterocycles. The van der Waals surface area contributed by atoms with Gasteiger partial charge in [-0.05, 0) is 31.2 Å². The molecule has 1 N–H and O–H groups in total. The second-order valence-electron chi connectivity index (χ2n) is 4.31. The summed E-state index contributed by atoms with van der Waals surface area (Å²) in [6.45, 7) is 1.95. The maximum Gasteiger partial charge on any atom is 0.323 e. The number of aryl methyl sites for hydroxylation is 1. The largest absolute Gasteiger partial charge is 0.480 e. The van der Waals surface area contributed by atoms with Gasteiger partial charge in [-0.1, -0.05) is 12.1 Å². The van der Waals surface area contributed by atoms with E-state index in [-0.39, 0.29) is 6.54 Å². The molecule has 0 saturated heterocycles. The van der Waals surface area contributed by atoms with Gasteiger partial charge in [-0.15, -0.1) is 11.3 Å². The molecule has 0 bridgehead atoms. The summed E-state index contributed by atoms with van der Waals surface area (Å²) in [4.78, 5) is 17.8. The van der Waals surface area contributed by atoms with Crippen LogP contribution in [-0.4, -0.2) is 20.6 Å². The van der Waals surface area contributed by atoms with Gasteiger partial charge >= 0.3 is 5.97 Å². The van der Waals surface area contributed by atoms with Crippen molar-refractivity contribution in [1.82, 2.24) is 9.55 Å². The SMILES string of the molecule is Cc1ccc(-c2nc3ccccc3n2CC(=O)O)s1. The monoisotopic (exact) mass is 272 g/mol. The minimum absolute atomic E-state index is 0.0766. The predicted octanol–water partition coefficient (Wildman–Crippen LogP) is 3.16. The molecule has 2 heterocycles. The Morgan fingerprint density at radius 1 is 1.32 bits per heavy atom. The molecule has 0 spiro atoms. The third-order valence-corrected chi connectivity index (χ3v) is 3.91. The first-order valence-corrected chi connectivity index (χ1v) is 6.70. The molecule has 0 amide bonds. The molecule has 1 aromatic carbocycles. The van der Waals surface area contributed by atoms with Crippen LogP contribution < -0.4 is 0 Å². The summed E-state index contributed by atoms with van der Waals surface area (Å²) >= 11 is 1.62. The Bertz CT molecular complexity index is 758. The number of carboxylic acids is 1. The van der Waals surface area contributed by atoms with Crippen LogP contribution in [-0.2, 0) is 11.3 Å². The number of benzene rings is 1. The Hall–Kier alpha value is -2.14. The Morgan fingerprint density at radius 3 is 2.79 bits per heavy atom. The lowest BCUT2D eigenvalue weighted by Gasteiger charge is -2.04. The fourth-order valence-corrected chi connectivity index (χ4v) is 2.98. The fourth-order valence-electron chi connectivity index (χ4n) is 2.11. The van der Waals surface area contributed by atoms with E-state index in [1.165, 1.54) is 4.88 Å². The lowest BCUT2D eigenvalue weighted by atomic mass is 10.3. The van der Waals surface area contributed by atoms with E-state index < -0.39 is 5.97 Å². The van der Waals surface area contributed by atoms with Gasteiger partial charge in [0.15, 0.2) is 5.82 Å². The van der Waals surface area contributed by atoms with E-state index in [4.69, 9.17) is 5.11 Å². The zero-order chi connectivity index (χ0) is 13.4. The number of aromatic nitrogens is 2. The molecule has 0 saturated carbocycles. The van der Waals surface area contributed by atoms with E-state index in [2.05, 4.69) is 4.98 Å². The lowest BCUT2D eigenvalue weighted by Crippen LogP contribution is -2.09. The molecule has 3 aromatic rings. The van der Waals surface area contributed by atoms with E-state index in [1.807, 2.05) is 43.3 Å². The van der Waals surface area contributed by atoms with Crippen molar-refractivity contribution >= 4 is 28.3 Å². The van der Waals surface area contributed by atoms with E-state index in [0.29, 0.717) is 0 Å². The number of hydrogen-bond donors (Lipinski definition) is 1. The highest BCUT2D eigenvalue weighted by molar-refractivity contribution is 7.15. The standard InChI is InChI=1S/C14H12N2O2S/c1-9-6-7-12(19-9)14-15-10-4-2-3-5-11(10)16(14)8-13(17)18/h2-7H,8H2,1H3,(H,17,18). The number of aliphatic carboxylic acids is 1. The van der Waals surface area contributed by atoms with Gasteiger partial charge in [0.1, 0.15) is 6.54 Å². The van der Waals surface area contributed by atoms with Gasteiger partial charge in [0.05, 0.1) is 15.9 Å². The van der Waals surface area contributed by atoms with Crippen LogP contribution in [0, 0.1) is 6.92 Å². The Balaban J connectivity index is 2.25. The first kappa shape index (κ1) is 11.9. The smallest absolute Gasteiger partial charge is 0.323 e. The van der Waals surface area contributed by atoms with Crippen LogP contribution in [0.25, 0.3) is 21.7 Å². The number of fused-ring (bicyclic) bond motifs is 1. The van der Waals surface area contributed by atoms with Gasteiger partial charge in [0.2, 0.25) is 0 Å². The van der Waals surface area contributed by atoms with Crippen molar-refractivity contribution in [3.05, 3.63) is 41.3 Å². The number of imidazole rings is 1. The van der Waals surface area contributed by atoms with Crippen LogP contribution >= 0.6 is 11.3 Å². The van der Waals surface area contributed by atoms with Gasteiger partial charge < -0.3 is 9.67 Å². The Kier molecular flexibility index (Phi) is 2.83. The summed E-state index contributed by atoms with van der Waals surface area (Å²) < 4.78 is 1.75. The number of carboxylic acid groups (broad SMARTS) is 1. The highest BCUT2D eigenvalue weighted by Gasteiger charge is 2.15. The Labute approximate surface area is 113 Å². The van der Waals surface area contributed by atoms with Crippen LogP contribution in [0.2, 0.25) is 0 Å². The van der Waals surface area contributed by atoms with Crippen molar-refractivity contribution in [1.29, 1.82) is 0 Å². The molecule has 0 aliphatic rings. The van der Waals surface area contributed by atoms with E-state index in [1.54, 1.807) is 15.9 Å². The maximum atomic E-state index is 11.1. The second-order valence-corrected chi connectivity index (χ2v) is 5.60. The van der Waals surface area contributed by atoms with Crippen LogP contribution in [0.1, 0.15) is 4.88 Å². The minimum Gasteiger partial charge on any atom is -0.480 e. The van der Waals surface area contributed by atoms with Crippen molar-refractivity contribution in [2.75, 3.05) is 0 Å². The number of carbonyl (C=O) groups is 1. The average molecular weight is 272 g/mol. The summed E-state index contributed by atoms with van der Waals surface area (Å²) in [6.07, 6.45) is 0. The van der Waals surface area contributed by atoms with Crippen molar-refractivity contribution in [2.45, 2.75) is 13.5 Å². The summed E-state index contributed by atoms with van der Waals surface area (Å²) in [5.41, 5.74) is 1.68. The molecule has 0 aliphatic carbocycles. The maximum absolute atomic E-state index is 11.1. The number of para-hydroxylation sites is 2. The summed E-state index contributed by atoms with van der Waals surface area (Å²) in [6, 6.07) is 11.6. The quantitative estimate of drug-likeness (QED) is 0.796. The van der Waals surface area contributed by atoms with E-state index >= 15 is 0 Å². The molecule has 0 unspecified atom stereocenters. The number of rotatable bonds is 3. The third kappa shape index (κ3) is 2.13. The molecule has 0 radical (unpaired) electrons. The number of hydrogen-bond acceptors (Lipinski definition) is 3. The molecule has 0 atom stereocenters. The summed E-state index contributed by atoms with van der Waals surface area (Å²) in [7, 11) is 0. The van der Waals surface area contributed by atoms with Gasteiger partial charge in [0, 0.05) is 4.88 Å². The average Bonchev–Trinajstić information content (AvgIpc) is 2.94. The predicted molar refractivity (Wildman–Crippen MR) is 75.4 cm³/mol. The third-order valence-electron chi connectivity index (χ3n) is 2.91. The zero-order valence-electron chi connectivity index (χ0n) is 10.3. The Morgan fingerprint density at radius 2 is 2.11 bits per heavy atom. The van der Waals surface area contributed by atoms with Gasteiger partial charge in [0.25, 0.3) is 0 Å². The molecule has 3 rings (SSSR count). The van der Waals surface area contributed by atoms with Crippen LogP contribution in [0.15, 0.2) is 36.4 Å². The van der Waals surface area contributed by atoms with Crippen molar-refractivity contribution < 1.29 is 9.90 Å². The molecule has 0 fully saturated rings. The molecular weight excluding hydrogens is 260 g/mol. The first-order chi connectivity index (χ1) is 9.15. The highest BCUT2D eigenvalue weighted by atomic mass is 32.1. The lowest BCUT2D eigenvalue weighted by molar-refractivity contribution is -0.137. The second kappa shape index (κ2) is 4.51. The van der Waals surface area contributed by atoms with Gasteiger partial charge in [-0.2, -0.15) is 0 Å². The van der Waals surface area contributed by atoms with Gasteiger partial charge in [-0.25, -0.2) is 4.98 Å². The van der Waals surface area contributed by atoms with Crippen LogP contribution in [0.4, 0.5) is 0 Å². The first-order valence-electron chi connectivity index (χ1n) is 5.89. The zero-order valence-corrected chi connectivity index (χ0v) is 11.1. The molecule has 4 nitrogen and oxygen atoms in total. The summed E-state index contributed by atoms with van der Waals surface area (Å²) in [5, 5.41) is 9.08. The highest BCUT2D eigenvalue weighted by Crippen LogP contribution is 2.30. The number of thiophene rings is 1. The van der Waals surface area contributed by atoms with E-state index in [9.17, 15) is 4.79 Å². The molecule has 96 valence electrons.